The molecular weight excluding hydrogens is 398 g/mol. The zero-order valence-electron chi connectivity index (χ0n) is 19.9. The molecule has 0 radical (unpaired) electrons. The molecule has 0 aliphatic rings. The molecule has 31 heavy (non-hydrogen) atoms. The number of unbranched alkanes of at least 4 members (excludes halogenated alkanes) is 6. The minimum atomic E-state index is -0.943. The Hall–Kier alpha value is -1.89. The molecule has 0 bridgehead atoms. The highest BCUT2D eigenvalue weighted by Crippen LogP contribution is 2.22. The van der Waals surface area contributed by atoms with Crippen molar-refractivity contribution in [2.24, 2.45) is 17.8 Å². The molecule has 0 aliphatic carbocycles. The molecule has 0 heterocycles. The first-order chi connectivity index (χ1) is 14.5. The van der Waals surface area contributed by atoms with Gasteiger partial charge in [0, 0.05) is 0 Å². The SMILES string of the molecule is CCCCC/C=C/CCCCC[N+](CC(C)C(=O)O)(CC(C)C(=O)O)CC(C)C(=O)O. The van der Waals surface area contributed by atoms with E-state index in [1.165, 1.54) is 19.3 Å². The van der Waals surface area contributed by atoms with E-state index in [4.69, 9.17) is 0 Å². The maximum atomic E-state index is 11.5. The van der Waals surface area contributed by atoms with E-state index in [2.05, 4.69) is 19.1 Å². The Morgan fingerprint density at radius 1 is 0.677 bits per heavy atom. The predicted octanol–water partition coefficient (Wildman–Crippen LogP) is 4.66. The summed E-state index contributed by atoms with van der Waals surface area (Å²) in [6, 6.07) is 0. The van der Waals surface area contributed by atoms with Gasteiger partial charge in [-0.05, 0) is 59.3 Å². The maximum absolute atomic E-state index is 11.5. The average Bonchev–Trinajstić information content (AvgIpc) is 2.68. The van der Waals surface area contributed by atoms with Crippen LogP contribution in [0.25, 0.3) is 0 Å². The van der Waals surface area contributed by atoms with Crippen LogP contribution < -0.4 is 0 Å². The van der Waals surface area contributed by atoms with Gasteiger partial charge in [0.2, 0.25) is 0 Å². The van der Waals surface area contributed by atoms with Gasteiger partial charge in [0.1, 0.15) is 17.8 Å². The summed E-state index contributed by atoms with van der Waals surface area (Å²) in [6.45, 7) is 8.31. The summed E-state index contributed by atoms with van der Waals surface area (Å²) in [5.74, 6) is -4.85. The molecule has 7 heteroatoms. The minimum Gasteiger partial charge on any atom is -0.481 e. The molecule has 3 N–H and O–H groups in total. The Labute approximate surface area is 187 Å². The van der Waals surface area contributed by atoms with Crippen molar-refractivity contribution >= 4 is 17.9 Å². The lowest BCUT2D eigenvalue weighted by Crippen LogP contribution is -2.57. The van der Waals surface area contributed by atoms with Crippen LogP contribution in [0.4, 0.5) is 0 Å². The van der Waals surface area contributed by atoms with Gasteiger partial charge in [-0.1, -0.05) is 31.9 Å². The number of hydrogen-bond donors (Lipinski definition) is 3. The van der Waals surface area contributed by atoms with Gasteiger partial charge in [0.05, 0.1) is 26.2 Å². The van der Waals surface area contributed by atoms with E-state index in [1.54, 1.807) is 20.8 Å². The summed E-state index contributed by atoms with van der Waals surface area (Å²) < 4.78 is 0.210. The van der Waals surface area contributed by atoms with Crippen LogP contribution >= 0.6 is 0 Å². The number of carboxylic acids is 3. The summed E-state index contributed by atoms with van der Waals surface area (Å²) in [6.07, 6.45) is 13.0. The molecule has 3 unspecified atom stereocenters. The van der Waals surface area contributed by atoms with E-state index in [-0.39, 0.29) is 24.1 Å². The fourth-order valence-corrected chi connectivity index (χ4v) is 4.11. The summed E-state index contributed by atoms with van der Waals surface area (Å²) in [7, 11) is 0. The van der Waals surface area contributed by atoms with Crippen molar-refractivity contribution in [2.75, 3.05) is 26.2 Å². The molecular formula is C24H44NO6+. The zero-order chi connectivity index (χ0) is 23.9. The van der Waals surface area contributed by atoms with Crippen molar-refractivity contribution in [1.82, 2.24) is 0 Å². The minimum absolute atomic E-state index is 0.210. The van der Waals surface area contributed by atoms with Crippen molar-refractivity contribution in [1.29, 1.82) is 0 Å². The van der Waals surface area contributed by atoms with E-state index in [0.717, 1.165) is 32.1 Å². The molecule has 0 amide bonds. The van der Waals surface area contributed by atoms with Gasteiger partial charge in [0.25, 0.3) is 0 Å². The van der Waals surface area contributed by atoms with Crippen molar-refractivity contribution in [3.05, 3.63) is 12.2 Å². The van der Waals surface area contributed by atoms with Crippen LogP contribution in [0.1, 0.15) is 79.1 Å². The van der Waals surface area contributed by atoms with E-state index >= 15 is 0 Å². The molecule has 0 fully saturated rings. The van der Waals surface area contributed by atoms with Crippen LogP contribution in [0.15, 0.2) is 12.2 Å². The molecule has 0 aromatic rings. The highest BCUT2D eigenvalue weighted by molar-refractivity contribution is 5.70. The number of nitrogens with zero attached hydrogens (tertiary/aromatic N) is 1. The number of quaternary nitrogens is 1. The van der Waals surface area contributed by atoms with Gasteiger partial charge in [-0.2, -0.15) is 0 Å². The summed E-state index contributed by atoms with van der Waals surface area (Å²) in [5.41, 5.74) is 0. The van der Waals surface area contributed by atoms with Crippen LogP contribution in [0.5, 0.6) is 0 Å². The fraction of sp³-hybridized carbons (Fsp3) is 0.792. The summed E-state index contributed by atoms with van der Waals surface area (Å²) >= 11 is 0. The standard InChI is InChI=1S/C24H43NO6/c1-5-6-7-8-9-10-11-12-13-14-15-25(16-19(2)22(26)27,17-20(3)23(28)29)18-21(4)24(30)31/h9-10,19-21H,5-8,11-18H2,1-4H3,(H2-,26,27,28,29,30,31)/p+1/b10-9+. The molecule has 180 valence electrons. The van der Waals surface area contributed by atoms with Crippen LogP contribution in [-0.4, -0.2) is 63.9 Å². The van der Waals surface area contributed by atoms with Crippen LogP contribution in [0.3, 0.4) is 0 Å². The van der Waals surface area contributed by atoms with Gasteiger partial charge in [0.15, 0.2) is 0 Å². The third-order valence-electron chi connectivity index (χ3n) is 5.89. The number of allylic oxidation sites excluding steroid dienone is 2. The monoisotopic (exact) mass is 442 g/mol. The Morgan fingerprint density at radius 2 is 1.06 bits per heavy atom. The van der Waals surface area contributed by atoms with E-state index < -0.39 is 35.7 Å². The highest BCUT2D eigenvalue weighted by atomic mass is 16.4. The topological polar surface area (TPSA) is 112 Å². The number of rotatable bonds is 19. The normalized spacial score (nSPS) is 16.5. The third kappa shape index (κ3) is 13.2. The van der Waals surface area contributed by atoms with Crippen LogP contribution in [0.2, 0.25) is 0 Å². The second-order valence-electron chi connectivity index (χ2n) is 9.15. The van der Waals surface area contributed by atoms with Crippen molar-refractivity contribution < 1.29 is 34.2 Å². The third-order valence-corrected chi connectivity index (χ3v) is 5.89. The molecule has 0 aliphatic heterocycles. The van der Waals surface area contributed by atoms with Crippen molar-refractivity contribution in [2.45, 2.75) is 79.1 Å². The Balaban J connectivity index is 5.09. The van der Waals surface area contributed by atoms with Gasteiger partial charge in [-0.15, -0.1) is 0 Å². The molecule has 3 atom stereocenters. The van der Waals surface area contributed by atoms with Crippen LogP contribution in [0, 0.1) is 17.8 Å². The number of aliphatic carboxylic acids is 3. The lowest BCUT2D eigenvalue weighted by Gasteiger charge is -2.42. The number of carbonyl (C=O) groups is 3. The molecule has 0 spiro atoms. The smallest absolute Gasteiger partial charge is 0.311 e. The number of carboxylic acid groups (broad SMARTS) is 3. The van der Waals surface area contributed by atoms with Gasteiger partial charge in [-0.25, -0.2) is 0 Å². The molecule has 0 saturated heterocycles. The van der Waals surface area contributed by atoms with Crippen molar-refractivity contribution in [3.8, 4) is 0 Å². The van der Waals surface area contributed by atoms with E-state index in [9.17, 15) is 29.7 Å². The molecule has 0 saturated carbocycles. The average molecular weight is 443 g/mol. The van der Waals surface area contributed by atoms with Gasteiger partial charge in [-0.3, -0.25) is 14.4 Å². The zero-order valence-corrected chi connectivity index (χ0v) is 19.9. The largest absolute Gasteiger partial charge is 0.481 e. The van der Waals surface area contributed by atoms with E-state index in [1.807, 2.05) is 0 Å². The van der Waals surface area contributed by atoms with Gasteiger partial charge >= 0.3 is 17.9 Å². The van der Waals surface area contributed by atoms with Crippen molar-refractivity contribution in [3.63, 3.8) is 0 Å². The highest BCUT2D eigenvalue weighted by Gasteiger charge is 2.38. The lowest BCUT2D eigenvalue weighted by molar-refractivity contribution is -0.934. The summed E-state index contributed by atoms with van der Waals surface area (Å²) in [4.78, 5) is 34.5. The Kier molecular flexibility index (Phi) is 14.9. The van der Waals surface area contributed by atoms with Gasteiger partial charge < -0.3 is 19.8 Å². The fourth-order valence-electron chi connectivity index (χ4n) is 4.11. The molecule has 0 rings (SSSR count). The first-order valence-electron chi connectivity index (χ1n) is 11.7. The molecule has 7 nitrogen and oxygen atoms in total. The van der Waals surface area contributed by atoms with Crippen LogP contribution in [-0.2, 0) is 14.4 Å². The second-order valence-corrected chi connectivity index (χ2v) is 9.15. The predicted molar refractivity (Wildman–Crippen MR) is 122 cm³/mol. The Bertz CT molecular complexity index is 519. The molecule has 0 aromatic heterocycles. The summed E-state index contributed by atoms with van der Waals surface area (Å²) in [5, 5.41) is 28.3. The van der Waals surface area contributed by atoms with E-state index in [0.29, 0.717) is 6.54 Å². The maximum Gasteiger partial charge on any atom is 0.311 e. The first-order valence-corrected chi connectivity index (χ1v) is 11.7. The lowest BCUT2D eigenvalue weighted by atomic mass is 10.0. The second kappa shape index (κ2) is 15.8. The molecule has 0 aromatic carbocycles. The first kappa shape index (κ1) is 29.1. The Morgan fingerprint density at radius 3 is 1.42 bits per heavy atom. The quantitative estimate of drug-likeness (QED) is 0.152. The number of hydrogen-bond acceptors (Lipinski definition) is 3.